The fraction of sp³-hybridized carbons (Fsp3) is 0.346. The number of para-hydroxylation sites is 2. The molecular weight excluding hydrogens is 430 g/mol. The first-order chi connectivity index (χ1) is 16.6. The number of piperidine rings is 1. The van der Waals surface area contributed by atoms with Crippen molar-refractivity contribution in [2.75, 3.05) is 24.6 Å². The van der Waals surface area contributed by atoms with Gasteiger partial charge >= 0.3 is 5.97 Å². The van der Waals surface area contributed by atoms with Crippen LogP contribution < -0.4 is 10.2 Å². The van der Waals surface area contributed by atoms with Crippen LogP contribution in [0.5, 0.6) is 0 Å². The number of nitriles is 1. The summed E-state index contributed by atoms with van der Waals surface area (Å²) in [5.74, 6) is -1.63. The number of amides is 1. The lowest BCUT2D eigenvalue weighted by Crippen LogP contribution is -2.41. The lowest BCUT2D eigenvalue weighted by molar-refractivity contribution is -0.148. The Balaban J connectivity index is 1.66. The Bertz CT molecular complexity index is 1210. The molecule has 3 aromatic rings. The Labute approximate surface area is 198 Å². The highest BCUT2D eigenvalue weighted by atomic mass is 16.5. The molecule has 34 heavy (non-hydrogen) atoms. The predicted molar refractivity (Wildman–Crippen MR) is 128 cm³/mol. The highest BCUT2D eigenvalue weighted by Gasteiger charge is 2.33. The number of aromatic nitrogens is 2. The quantitative estimate of drug-likeness (QED) is 0.542. The van der Waals surface area contributed by atoms with Crippen molar-refractivity contribution in [1.82, 2.24) is 15.3 Å². The van der Waals surface area contributed by atoms with E-state index in [0.717, 1.165) is 18.4 Å². The lowest BCUT2D eigenvalue weighted by atomic mass is 9.97. The van der Waals surface area contributed by atoms with Crippen molar-refractivity contribution in [3.8, 4) is 6.07 Å². The van der Waals surface area contributed by atoms with Gasteiger partial charge in [-0.3, -0.25) is 9.59 Å². The van der Waals surface area contributed by atoms with Gasteiger partial charge in [-0.1, -0.05) is 42.5 Å². The SMILES string of the molecule is CCOC(=O)[C@H]1CCCN(c2nc3ccccc3nc2[C@@H](C#N)C(=O)NCc2ccccc2)C1. The Hall–Kier alpha value is -3.99. The van der Waals surface area contributed by atoms with E-state index in [0.29, 0.717) is 48.8 Å². The van der Waals surface area contributed by atoms with Crippen LogP contribution in [0.2, 0.25) is 0 Å². The van der Waals surface area contributed by atoms with Gasteiger partial charge in [-0.15, -0.1) is 0 Å². The largest absolute Gasteiger partial charge is 0.466 e. The van der Waals surface area contributed by atoms with E-state index >= 15 is 0 Å². The minimum absolute atomic E-state index is 0.236. The molecule has 2 heterocycles. The zero-order valence-corrected chi connectivity index (χ0v) is 19.1. The molecule has 0 radical (unpaired) electrons. The van der Waals surface area contributed by atoms with E-state index in [1.54, 1.807) is 6.92 Å². The molecule has 1 aliphatic rings. The summed E-state index contributed by atoms with van der Waals surface area (Å²) in [6.07, 6.45) is 1.50. The molecule has 174 valence electrons. The zero-order valence-electron chi connectivity index (χ0n) is 19.1. The van der Waals surface area contributed by atoms with E-state index in [9.17, 15) is 14.9 Å². The van der Waals surface area contributed by atoms with Gasteiger partial charge in [0.05, 0.1) is 29.6 Å². The van der Waals surface area contributed by atoms with E-state index in [1.807, 2.05) is 59.5 Å². The molecule has 2 atom stereocenters. The van der Waals surface area contributed by atoms with Gasteiger partial charge in [0, 0.05) is 19.6 Å². The van der Waals surface area contributed by atoms with Crippen LogP contribution in [-0.2, 0) is 20.9 Å². The minimum Gasteiger partial charge on any atom is -0.466 e. The maximum absolute atomic E-state index is 13.1. The predicted octanol–water partition coefficient (Wildman–Crippen LogP) is 3.33. The van der Waals surface area contributed by atoms with Crippen LogP contribution in [0.1, 0.15) is 36.9 Å². The maximum Gasteiger partial charge on any atom is 0.310 e. The second kappa shape index (κ2) is 10.8. The number of nitrogens with zero attached hydrogens (tertiary/aromatic N) is 4. The van der Waals surface area contributed by atoms with Crippen molar-refractivity contribution in [3.63, 3.8) is 0 Å². The number of rotatable bonds is 7. The molecule has 1 aliphatic heterocycles. The highest BCUT2D eigenvalue weighted by molar-refractivity contribution is 5.89. The Morgan fingerprint density at radius 2 is 1.85 bits per heavy atom. The van der Waals surface area contributed by atoms with Crippen molar-refractivity contribution < 1.29 is 14.3 Å². The molecule has 4 rings (SSSR count). The third-order valence-electron chi connectivity index (χ3n) is 5.89. The van der Waals surface area contributed by atoms with Crippen LogP contribution in [-0.4, -0.2) is 41.5 Å². The Kier molecular flexibility index (Phi) is 7.33. The normalized spacial score (nSPS) is 16.5. The molecule has 0 aliphatic carbocycles. The molecular formula is C26H27N5O3. The van der Waals surface area contributed by atoms with Crippen LogP contribution in [0.4, 0.5) is 5.82 Å². The number of nitrogens with one attached hydrogen (secondary N) is 1. The Morgan fingerprint density at radius 3 is 2.56 bits per heavy atom. The first kappa shape index (κ1) is 23.2. The van der Waals surface area contributed by atoms with Crippen molar-refractivity contribution >= 4 is 28.7 Å². The lowest BCUT2D eigenvalue weighted by Gasteiger charge is -2.33. The summed E-state index contributed by atoms with van der Waals surface area (Å²) in [5, 5.41) is 12.8. The fourth-order valence-electron chi connectivity index (χ4n) is 4.18. The van der Waals surface area contributed by atoms with E-state index < -0.39 is 11.8 Å². The molecule has 8 nitrogen and oxygen atoms in total. The average Bonchev–Trinajstić information content (AvgIpc) is 2.88. The molecule has 0 saturated carbocycles. The number of ether oxygens (including phenoxy) is 1. The number of benzene rings is 2. The molecule has 0 unspecified atom stereocenters. The van der Waals surface area contributed by atoms with Crippen LogP contribution >= 0.6 is 0 Å². The van der Waals surface area contributed by atoms with Gasteiger partial charge in [-0.25, -0.2) is 9.97 Å². The van der Waals surface area contributed by atoms with Gasteiger partial charge in [0.15, 0.2) is 11.7 Å². The third kappa shape index (κ3) is 5.15. The second-order valence-corrected chi connectivity index (χ2v) is 8.22. The topological polar surface area (TPSA) is 108 Å². The molecule has 1 aromatic heterocycles. The van der Waals surface area contributed by atoms with Crippen molar-refractivity contribution in [1.29, 1.82) is 5.26 Å². The summed E-state index contributed by atoms with van der Waals surface area (Å²) in [7, 11) is 0. The van der Waals surface area contributed by atoms with Crippen LogP contribution in [0.3, 0.4) is 0 Å². The number of fused-ring (bicyclic) bond motifs is 1. The van der Waals surface area contributed by atoms with Gasteiger partial charge in [0.2, 0.25) is 5.91 Å². The second-order valence-electron chi connectivity index (χ2n) is 8.22. The van der Waals surface area contributed by atoms with E-state index in [1.165, 1.54) is 0 Å². The highest BCUT2D eigenvalue weighted by Crippen LogP contribution is 2.31. The smallest absolute Gasteiger partial charge is 0.310 e. The first-order valence-electron chi connectivity index (χ1n) is 11.5. The molecule has 8 heteroatoms. The molecule has 1 fully saturated rings. The van der Waals surface area contributed by atoms with Crippen LogP contribution in [0.25, 0.3) is 11.0 Å². The van der Waals surface area contributed by atoms with E-state index in [4.69, 9.17) is 14.7 Å². The molecule has 1 N–H and O–H groups in total. The monoisotopic (exact) mass is 457 g/mol. The summed E-state index contributed by atoms with van der Waals surface area (Å²) in [4.78, 5) is 36.9. The van der Waals surface area contributed by atoms with Gasteiger partial charge < -0.3 is 15.0 Å². The molecule has 2 aromatic carbocycles. The van der Waals surface area contributed by atoms with Crippen molar-refractivity contribution in [3.05, 3.63) is 65.9 Å². The summed E-state index contributed by atoms with van der Waals surface area (Å²) < 4.78 is 5.23. The van der Waals surface area contributed by atoms with Gasteiger partial charge in [-0.2, -0.15) is 5.26 Å². The number of hydrogen-bond donors (Lipinski definition) is 1. The van der Waals surface area contributed by atoms with Crippen molar-refractivity contribution in [2.24, 2.45) is 5.92 Å². The summed E-state index contributed by atoms with van der Waals surface area (Å²) in [6.45, 7) is 3.48. The first-order valence-corrected chi connectivity index (χ1v) is 11.5. The number of esters is 1. The molecule has 0 spiro atoms. The Morgan fingerprint density at radius 1 is 1.15 bits per heavy atom. The molecule has 1 amide bonds. The summed E-state index contributed by atoms with van der Waals surface area (Å²) >= 11 is 0. The van der Waals surface area contributed by atoms with E-state index in [-0.39, 0.29) is 11.9 Å². The van der Waals surface area contributed by atoms with Gasteiger partial charge in [-0.05, 0) is 37.5 Å². The number of carbonyl (C=O) groups excluding carboxylic acids is 2. The van der Waals surface area contributed by atoms with Gasteiger partial charge in [0.25, 0.3) is 0 Å². The van der Waals surface area contributed by atoms with Crippen LogP contribution in [0.15, 0.2) is 54.6 Å². The standard InChI is InChI=1S/C26H27N5O3/c1-2-34-26(33)19-11-8-14-31(17-19)24-23(29-21-12-6-7-13-22(21)30-24)20(15-27)25(32)28-16-18-9-4-3-5-10-18/h3-7,9-10,12-13,19-20H,2,8,11,14,16-17H2,1H3,(H,28,32)/t19-,20+/m0/s1. The van der Waals surface area contributed by atoms with E-state index in [2.05, 4.69) is 11.4 Å². The zero-order chi connectivity index (χ0) is 23.9. The maximum atomic E-state index is 13.1. The number of hydrogen-bond acceptors (Lipinski definition) is 7. The fourth-order valence-corrected chi connectivity index (χ4v) is 4.18. The number of carbonyl (C=O) groups is 2. The molecule has 0 bridgehead atoms. The van der Waals surface area contributed by atoms with Crippen molar-refractivity contribution in [2.45, 2.75) is 32.2 Å². The van der Waals surface area contributed by atoms with Gasteiger partial charge in [0.1, 0.15) is 5.69 Å². The average molecular weight is 458 g/mol. The van der Waals surface area contributed by atoms with Crippen LogP contribution in [0, 0.1) is 17.2 Å². The summed E-state index contributed by atoms with van der Waals surface area (Å²) in [6, 6.07) is 19.0. The summed E-state index contributed by atoms with van der Waals surface area (Å²) in [5.41, 5.74) is 2.51. The number of anilines is 1. The third-order valence-corrected chi connectivity index (χ3v) is 5.89. The minimum atomic E-state index is -1.14. The molecule has 1 saturated heterocycles.